The van der Waals surface area contributed by atoms with Crippen molar-refractivity contribution in [2.45, 2.75) is 84.3 Å². The van der Waals surface area contributed by atoms with Crippen LogP contribution in [0.4, 0.5) is 0 Å². The van der Waals surface area contributed by atoms with Crippen LogP contribution in [0.2, 0.25) is 0 Å². The molecule has 3 saturated carbocycles. The van der Waals surface area contributed by atoms with Crippen molar-refractivity contribution < 1.29 is 19.1 Å². The van der Waals surface area contributed by atoms with Gasteiger partial charge in [0.05, 0.1) is 12.7 Å². The first kappa shape index (κ1) is 20.2. The quantitative estimate of drug-likeness (QED) is 0.684. The SMILES string of the molecule is CCOC(=O)CO[C@H]1CC[C@H]2[C@@H]3CC[C@H]4N(C)C(=O)CC[C@]4(C)[C@H]3CC[C@]12C. The number of esters is 1. The van der Waals surface area contributed by atoms with Crippen molar-refractivity contribution >= 4 is 11.9 Å². The number of piperidine rings is 1. The fraction of sp³-hybridized carbons (Fsp3) is 0.913. The summed E-state index contributed by atoms with van der Waals surface area (Å²) in [5, 5.41) is 0. The van der Waals surface area contributed by atoms with Crippen molar-refractivity contribution in [1.82, 2.24) is 4.90 Å². The minimum atomic E-state index is -0.244. The Bertz CT molecular complexity index is 636. The number of amides is 1. The molecule has 0 aromatic heterocycles. The summed E-state index contributed by atoms with van der Waals surface area (Å²) in [5.74, 6) is 2.21. The lowest BCUT2D eigenvalue weighted by molar-refractivity contribution is -0.166. The van der Waals surface area contributed by atoms with Crippen molar-refractivity contribution in [2.24, 2.45) is 28.6 Å². The molecule has 4 rings (SSSR count). The van der Waals surface area contributed by atoms with Gasteiger partial charge in [0, 0.05) is 19.5 Å². The first-order chi connectivity index (χ1) is 13.3. The maximum absolute atomic E-state index is 12.3. The first-order valence-electron chi connectivity index (χ1n) is 11.3. The van der Waals surface area contributed by atoms with Crippen molar-refractivity contribution in [2.75, 3.05) is 20.3 Å². The number of rotatable bonds is 4. The molecule has 1 saturated heterocycles. The molecule has 7 atom stereocenters. The normalized spacial score (nSPS) is 45.2. The minimum absolute atomic E-state index is 0.0849. The standard InChI is InChI=1S/C23H37NO4/c1-5-27-21(26)14-28-19-9-7-16-15-6-8-18-22(2,13-11-20(25)24(18)4)17(15)10-12-23(16,19)3/h15-19H,5-14H2,1-4H3/t15-,16-,17-,18+,19-,22+,23-/m0/s1. The number of ether oxygens (including phenoxy) is 2. The Balaban J connectivity index is 1.49. The number of carbonyl (C=O) groups excluding carboxylic acids is 2. The van der Waals surface area contributed by atoms with Crippen LogP contribution in [0.5, 0.6) is 0 Å². The molecule has 0 spiro atoms. The van der Waals surface area contributed by atoms with E-state index < -0.39 is 0 Å². The number of hydrogen-bond acceptors (Lipinski definition) is 4. The minimum Gasteiger partial charge on any atom is -0.464 e. The topological polar surface area (TPSA) is 55.8 Å². The molecule has 0 N–H and O–H groups in total. The van der Waals surface area contributed by atoms with Crippen LogP contribution in [0, 0.1) is 28.6 Å². The highest BCUT2D eigenvalue weighted by molar-refractivity contribution is 5.77. The largest absolute Gasteiger partial charge is 0.464 e. The van der Waals surface area contributed by atoms with Gasteiger partial charge >= 0.3 is 5.97 Å². The van der Waals surface area contributed by atoms with Gasteiger partial charge in [0.2, 0.25) is 5.91 Å². The average Bonchev–Trinajstić information content (AvgIpc) is 3.00. The van der Waals surface area contributed by atoms with Crippen LogP contribution in [0.1, 0.15) is 72.1 Å². The van der Waals surface area contributed by atoms with Crippen LogP contribution in [-0.2, 0) is 19.1 Å². The number of nitrogens with zero attached hydrogens (tertiary/aromatic N) is 1. The molecule has 158 valence electrons. The van der Waals surface area contributed by atoms with Gasteiger partial charge < -0.3 is 14.4 Å². The van der Waals surface area contributed by atoms with Crippen LogP contribution in [-0.4, -0.2) is 49.2 Å². The predicted octanol–water partition coefficient (Wildman–Crippen LogP) is 3.80. The van der Waals surface area contributed by atoms with Gasteiger partial charge in [-0.2, -0.15) is 0 Å². The fourth-order valence-electron chi connectivity index (χ4n) is 7.75. The molecule has 1 heterocycles. The molecule has 0 aromatic rings. The molecule has 1 aliphatic heterocycles. The van der Waals surface area contributed by atoms with Crippen LogP contribution in [0.15, 0.2) is 0 Å². The third kappa shape index (κ3) is 3.00. The summed E-state index contributed by atoms with van der Waals surface area (Å²) in [6.45, 7) is 7.19. The Labute approximate surface area is 169 Å². The van der Waals surface area contributed by atoms with Gasteiger partial charge in [-0.25, -0.2) is 4.79 Å². The molecule has 3 aliphatic carbocycles. The van der Waals surface area contributed by atoms with Crippen LogP contribution < -0.4 is 0 Å². The molecule has 1 amide bonds. The third-order valence-electron chi connectivity index (χ3n) is 9.18. The molecular formula is C23H37NO4. The Hall–Kier alpha value is -1.10. The summed E-state index contributed by atoms with van der Waals surface area (Å²) >= 11 is 0. The number of fused-ring (bicyclic) bond motifs is 5. The van der Waals surface area contributed by atoms with Gasteiger partial charge in [0.25, 0.3) is 0 Å². The Kier molecular flexibility index (Phi) is 5.26. The Morgan fingerprint density at radius 1 is 1.07 bits per heavy atom. The Morgan fingerprint density at radius 3 is 2.57 bits per heavy atom. The predicted molar refractivity (Wildman–Crippen MR) is 107 cm³/mol. The first-order valence-corrected chi connectivity index (χ1v) is 11.3. The molecule has 0 radical (unpaired) electrons. The van der Waals surface area contributed by atoms with E-state index in [0.717, 1.165) is 25.2 Å². The molecule has 0 unspecified atom stereocenters. The van der Waals surface area contributed by atoms with E-state index >= 15 is 0 Å². The zero-order valence-electron chi connectivity index (χ0n) is 18.0. The molecule has 5 heteroatoms. The molecule has 0 aromatic carbocycles. The molecule has 28 heavy (non-hydrogen) atoms. The molecule has 0 bridgehead atoms. The Morgan fingerprint density at radius 2 is 1.82 bits per heavy atom. The van der Waals surface area contributed by atoms with E-state index in [0.29, 0.717) is 36.8 Å². The summed E-state index contributed by atoms with van der Waals surface area (Å²) in [6.07, 6.45) is 8.97. The summed E-state index contributed by atoms with van der Waals surface area (Å²) in [6, 6.07) is 0.414. The van der Waals surface area contributed by atoms with Gasteiger partial charge in [-0.15, -0.1) is 0 Å². The maximum Gasteiger partial charge on any atom is 0.332 e. The molecule has 4 fully saturated rings. The zero-order valence-corrected chi connectivity index (χ0v) is 18.0. The van der Waals surface area contributed by atoms with Crippen molar-refractivity contribution in [3.05, 3.63) is 0 Å². The van der Waals surface area contributed by atoms with E-state index in [1.165, 1.54) is 25.7 Å². The van der Waals surface area contributed by atoms with Crippen molar-refractivity contribution in [3.8, 4) is 0 Å². The van der Waals surface area contributed by atoms with E-state index in [-0.39, 0.29) is 29.5 Å². The zero-order chi connectivity index (χ0) is 20.1. The van der Waals surface area contributed by atoms with Crippen molar-refractivity contribution in [3.63, 3.8) is 0 Å². The van der Waals surface area contributed by atoms with E-state index in [4.69, 9.17) is 9.47 Å². The van der Waals surface area contributed by atoms with Crippen LogP contribution >= 0.6 is 0 Å². The molecule has 5 nitrogen and oxygen atoms in total. The lowest BCUT2D eigenvalue weighted by Crippen LogP contribution is -2.61. The van der Waals surface area contributed by atoms with Gasteiger partial charge in [-0.3, -0.25) is 4.79 Å². The second kappa shape index (κ2) is 7.30. The van der Waals surface area contributed by atoms with E-state index in [1.807, 2.05) is 14.0 Å². The highest BCUT2D eigenvalue weighted by atomic mass is 16.6. The number of hydrogen-bond donors (Lipinski definition) is 0. The third-order valence-corrected chi connectivity index (χ3v) is 9.18. The van der Waals surface area contributed by atoms with Gasteiger partial charge in [-0.1, -0.05) is 13.8 Å². The lowest BCUT2D eigenvalue weighted by Gasteiger charge is -2.61. The highest BCUT2D eigenvalue weighted by Gasteiger charge is 2.61. The maximum atomic E-state index is 12.3. The lowest BCUT2D eigenvalue weighted by atomic mass is 9.47. The fourth-order valence-corrected chi connectivity index (χ4v) is 7.75. The highest BCUT2D eigenvalue weighted by Crippen LogP contribution is 2.65. The van der Waals surface area contributed by atoms with Gasteiger partial charge in [-0.05, 0) is 80.5 Å². The van der Waals surface area contributed by atoms with E-state index in [2.05, 4.69) is 18.7 Å². The summed E-state index contributed by atoms with van der Waals surface area (Å²) in [5.41, 5.74) is 0.435. The van der Waals surface area contributed by atoms with Crippen molar-refractivity contribution in [1.29, 1.82) is 0 Å². The number of carbonyl (C=O) groups is 2. The van der Waals surface area contributed by atoms with E-state index in [9.17, 15) is 9.59 Å². The van der Waals surface area contributed by atoms with Crippen LogP contribution in [0.3, 0.4) is 0 Å². The van der Waals surface area contributed by atoms with Gasteiger partial charge in [0.15, 0.2) is 0 Å². The summed E-state index contributed by atoms with van der Waals surface area (Å²) in [4.78, 5) is 26.1. The molecule has 4 aliphatic rings. The smallest absolute Gasteiger partial charge is 0.332 e. The second-order valence-electron chi connectivity index (χ2n) is 10.2. The summed E-state index contributed by atoms with van der Waals surface area (Å²) < 4.78 is 11.2. The average molecular weight is 392 g/mol. The van der Waals surface area contributed by atoms with Crippen LogP contribution in [0.25, 0.3) is 0 Å². The summed E-state index contributed by atoms with van der Waals surface area (Å²) in [7, 11) is 2.02. The monoisotopic (exact) mass is 391 g/mol. The van der Waals surface area contributed by atoms with Gasteiger partial charge in [0.1, 0.15) is 6.61 Å². The number of likely N-dealkylation sites (tertiary alicyclic amines) is 1. The van der Waals surface area contributed by atoms with E-state index in [1.54, 1.807) is 0 Å². The second-order valence-corrected chi connectivity index (χ2v) is 10.2. The molecular weight excluding hydrogens is 354 g/mol.